The topological polar surface area (TPSA) is 92.3 Å². The van der Waals surface area contributed by atoms with Gasteiger partial charge in [0.25, 0.3) is 0 Å². The highest BCUT2D eigenvalue weighted by atomic mass is 32.2. The maximum Gasteiger partial charge on any atom is 0.246 e. The number of carbonyl (C=O) groups excluding carboxylic acids is 2. The highest BCUT2D eigenvalue weighted by Gasteiger charge is 2.53. The summed E-state index contributed by atoms with van der Waals surface area (Å²) in [5, 5.41) is 5.68. The summed E-state index contributed by atoms with van der Waals surface area (Å²) in [7, 11) is -3.87. The van der Waals surface area contributed by atoms with Gasteiger partial charge in [-0.05, 0) is 81.0 Å². The van der Waals surface area contributed by atoms with Crippen LogP contribution in [0.5, 0.6) is 0 Å². The second-order valence-electron chi connectivity index (χ2n) is 8.77. The molecule has 7 heteroatoms. The lowest BCUT2D eigenvalue weighted by atomic mass is 10.1. The highest BCUT2D eigenvalue weighted by Crippen LogP contribution is 2.42. The minimum absolute atomic E-state index is 0.0151. The van der Waals surface area contributed by atoms with Gasteiger partial charge in [-0.1, -0.05) is 25.0 Å². The van der Waals surface area contributed by atoms with Crippen molar-refractivity contribution in [3.05, 3.63) is 53.6 Å². The highest BCUT2D eigenvalue weighted by molar-refractivity contribution is 7.93. The van der Waals surface area contributed by atoms with Crippen molar-refractivity contribution in [3.8, 4) is 0 Å². The zero-order chi connectivity index (χ0) is 22.2. The number of nitrogens with one attached hydrogen (secondary N) is 2. The van der Waals surface area contributed by atoms with Crippen LogP contribution < -0.4 is 10.6 Å². The fourth-order valence-electron chi connectivity index (χ4n) is 4.24. The van der Waals surface area contributed by atoms with Crippen LogP contribution in [0.2, 0.25) is 0 Å². The average molecular weight is 441 g/mol. The van der Waals surface area contributed by atoms with E-state index in [9.17, 15) is 18.0 Å². The van der Waals surface area contributed by atoms with Gasteiger partial charge in [0.2, 0.25) is 11.8 Å². The third-order valence-electron chi connectivity index (χ3n) is 6.33. The van der Waals surface area contributed by atoms with Crippen LogP contribution in [0, 0.1) is 19.8 Å². The molecule has 164 valence electrons. The molecule has 0 aromatic heterocycles. The first-order valence-corrected chi connectivity index (χ1v) is 12.3. The lowest BCUT2D eigenvalue weighted by Crippen LogP contribution is -2.47. The number of hydrogen-bond donors (Lipinski definition) is 2. The third-order valence-corrected chi connectivity index (χ3v) is 8.97. The standard InChI is InChI=1S/C24H28N2O4S/c1-16-5-6-17(2)21(15-16)31(29,30)24(13-3-4-14-24)23(28)26-20-11-9-19(10-12-20)25-22(27)18-7-8-18/h5-6,9-12,15,18H,3-4,7-8,13-14H2,1-2H3,(H,25,27)(H,26,28). The molecule has 2 aliphatic carbocycles. The number of aryl methyl sites for hydroxylation is 2. The first kappa shape index (κ1) is 21.6. The fourth-order valence-corrected chi connectivity index (χ4v) is 6.62. The minimum Gasteiger partial charge on any atom is -0.326 e. The first-order valence-electron chi connectivity index (χ1n) is 10.8. The van der Waals surface area contributed by atoms with Crippen LogP contribution in [0.15, 0.2) is 47.4 Å². The molecule has 2 amide bonds. The number of carbonyl (C=O) groups is 2. The largest absolute Gasteiger partial charge is 0.326 e. The zero-order valence-corrected chi connectivity index (χ0v) is 18.7. The molecule has 0 bridgehead atoms. The molecule has 0 saturated heterocycles. The smallest absolute Gasteiger partial charge is 0.246 e. The molecular weight excluding hydrogens is 412 g/mol. The van der Waals surface area contributed by atoms with Crippen molar-refractivity contribution in [1.29, 1.82) is 0 Å². The second kappa shape index (κ2) is 8.11. The van der Waals surface area contributed by atoms with Crippen molar-refractivity contribution < 1.29 is 18.0 Å². The summed E-state index contributed by atoms with van der Waals surface area (Å²) in [6, 6.07) is 12.1. The number of hydrogen-bond acceptors (Lipinski definition) is 4. The summed E-state index contributed by atoms with van der Waals surface area (Å²) in [4.78, 5) is 25.5. The van der Waals surface area contributed by atoms with Crippen LogP contribution in [-0.4, -0.2) is 25.0 Å². The van der Waals surface area contributed by atoms with E-state index in [1.54, 1.807) is 43.3 Å². The van der Waals surface area contributed by atoms with Crippen LogP contribution in [0.4, 0.5) is 11.4 Å². The van der Waals surface area contributed by atoms with Crippen molar-refractivity contribution in [2.75, 3.05) is 10.6 Å². The lowest BCUT2D eigenvalue weighted by molar-refractivity contribution is -0.118. The number of amides is 2. The molecule has 4 rings (SSSR count). The van der Waals surface area contributed by atoms with E-state index < -0.39 is 20.5 Å². The summed E-state index contributed by atoms with van der Waals surface area (Å²) in [5.41, 5.74) is 2.67. The molecule has 0 heterocycles. The van der Waals surface area contributed by atoms with Crippen molar-refractivity contribution in [2.45, 2.75) is 62.0 Å². The molecule has 0 spiro atoms. The Morgan fingerprint density at radius 2 is 1.48 bits per heavy atom. The van der Waals surface area contributed by atoms with Crippen LogP contribution in [-0.2, 0) is 19.4 Å². The molecule has 31 heavy (non-hydrogen) atoms. The van der Waals surface area contributed by atoms with Gasteiger partial charge in [-0.2, -0.15) is 0 Å². The molecule has 0 unspecified atom stereocenters. The van der Waals surface area contributed by atoms with E-state index in [2.05, 4.69) is 10.6 Å². The van der Waals surface area contributed by atoms with Crippen molar-refractivity contribution in [3.63, 3.8) is 0 Å². The molecule has 6 nitrogen and oxygen atoms in total. The number of sulfone groups is 1. The summed E-state index contributed by atoms with van der Waals surface area (Å²) < 4.78 is 25.9. The summed E-state index contributed by atoms with van der Waals surface area (Å²) in [6.07, 6.45) is 3.87. The predicted molar refractivity (Wildman–Crippen MR) is 121 cm³/mol. The van der Waals surface area contributed by atoms with E-state index >= 15 is 0 Å². The Labute approximate surface area is 183 Å². The Balaban J connectivity index is 1.57. The van der Waals surface area contributed by atoms with E-state index in [1.807, 2.05) is 13.0 Å². The summed E-state index contributed by atoms with van der Waals surface area (Å²) in [6.45, 7) is 3.62. The van der Waals surface area contributed by atoms with Crippen molar-refractivity contribution in [2.24, 2.45) is 5.92 Å². The average Bonchev–Trinajstić information content (AvgIpc) is 3.47. The third kappa shape index (κ3) is 4.11. The fraction of sp³-hybridized carbons (Fsp3) is 0.417. The monoisotopic (exact) mass is 440 g/mol. The zero-order valence-electron chi connectivity index (χ0n) is 17.9. The van der Waals surface area contributed by atoms with Gasteiger partial charge in [-0.25, -0.2) is 8.42 Å². The van der Waals surface area contributed by atoms with E-state index in [1.165, 1.54) is 0 Å². The van der Waals surface area contributed by atoms with Crippen LogP contribution in [0.1, 0.15) is 49.7 Å². The molecule has 2 aromatic carbocycles. The molecule has 2 aromatic rings. The van der Waals surface area contributed by atoms with Crippen LogP contribution >= 0.6 is 0 Å². The van der Waals surface area contributed by atoms with Gasteiger partial charge in [0.05, 0.1) is 4.90 Å². The second-order valence-corrected chi connectivity index (χ2v) is 11.0. The maximum atomic E-state index is 13.7. The van der Waals surface area contributed by atoms with Crippen molar-refractivity contribution >= 4 is 33.0 Å². The van der Waals surface area contributed by atoms with E-state index in [-0.39, 0.29) is 16.7 Å². The Bertz CT molecular complexity index is 1110. The molecule has 0 aliphatic heterocycles. The van der Waals surface area contributed by atoms with Gasteiger partial charge >= 0.3 is 0 Å². The van der Waals surface area contributed by atoms with E-state index in [0.29, 0.717) is 42.6 Å². The Hall–Kier alpha value is -2.67. The Morgan fingerprint density at radius 3 is 2.06 bits per heavy atom. The Morgan fingerprint density at radius 1 is 0.903 bits per heavy atom. The number of rotatable bonds is 6. The summed E-state index contributed by atoms with van der Waals surface area (Å²) >= 11 is 0. The van der Waals surface area contributed by atoms with E-state index in [0.717, 1.165) is 18.4 Å². The molecule has 0 radical (unpaired) electrons. The minimum atomic E-state index is -3.87. The van der Waals surface area contributed by atoms with Crippen molar-refractivity contribution in [1.82, 2.24) is 0 Å². The summed E-state index contributed by atoms with van der Waals surface area (Å²) in [5.74, 6) is -0.362. The first-order chi connectivity index (χ1) is 14.7. The van der Waals surface area contributed by atoms with Crippen LogP contribution in [0.3, 0.4) is 0 Å². The molecule has 2 fully saturated rings. The van der Waals surface area contributed by atoms with Gasteiger partial charge in [-0.15, -0.1) is 0 Å². The van der Waals surface area contributed by atoms with E-state index in [4.69, 9.17) is 0 Å². The Kier molecular flexibility index (Phi) is 5.64. The van der Waals surface area contributed by atoms with Gasteiger partial charge in [-0.3, -0.25) is 9.59 Å². The number of benzene rings is 2. The molecule has 2 aliphatic rings. The van der Waals surface area contributed by atoms with Gasteiger partial charge in [0.1, 0.15) is 0 Å². The van der Waals surface area contributed by atoms with Gasteiger partial charge in [0.15, 0.2) is 14.6 Å². The SMILES string of the molecule is Cc1ccc(C)c(S(=O)(=O)C2(C(=O)Nc3ccc(NC(=O)C4CC4)cc3)CCCC2)c1. The molecule has 2 N–H and O–H groups in total. The van der Waals surface area contributed by atoms with Crippen LogP contribution in [0.25, 0.3) is 0 Å². The lowest BCUT2D eigenvalue weighted by Gasteiger charge is -2.28. The van der Waals surface area contributed by atoms with Gasteiger partial charge < -0.3 is 10.6 Å². The van der Waals surface area contributed by atoms with Gasteiger partial charge in [0, 0.05) is 17.3 Å². The normalized spacial score (nSPS) is 17.9. The molecule has 2 saturated carbocycles. The number of anilines is 2. The molecular formula is C24H28N2O4S. The maximum absolute atomic E-state index is 13.7. The molecule has 0 atom stereocenters. The quantitative estimate of drug-likeness (QED) is 0.697. The predicted octanol–water partition coefficient (Wildman–Crippen LogP) is 4.38.